The van der Waals surface area contributed by atoms with Crippen LogP contribution in [0.5, 0.6) is 11.5 Å². The largest absolute Gasteiger partial charge is 0.485 e. The number of nitrogens with zero attached hydrogens (tertiary/aromatic N) is 1. The van der Waals surface area contributed by atoms with Crippen molar-refractivity contribution in [2.75, 3.05) is 11.9 Å². The lowest BCUT2D eigenvalue weighted by atomic mass is 10.1. The highest BCUT2D eigenvalue weighted by molar-refractivity contribution is 7.15. The number of hydrogen-bond donors (Lipinski definition) is 1. The van der Waals surface area contributed by atoms with Gasteiger partial charge >= 0.3 is 0 Å². The van der Waals surface area contributed by atoms with Crippen molar-refractivity contribution in [2.24, 2.45) is 0 Å². The first-order valence-corrected chi connectivity index (χ1v) is 9.20. The number of ether oxygens (including phenoxy) is 2. The van der Waals surface area contributed by atoms with Gasteiger partial charge in [-0.05, 0) is 24.6 Å². The van der Waals surface area contributed by atoms with Crippen LogP contribution < -0.4 is 14.8 Å². The van der Waals surface area contributed by atoms with Crippen LogP contribution in [0.4, 0.5) is 5.13 Å². The van der Waals surface area contributed by atoms with Crippen molar-refractivity contribution in [2.45, 2.75) is 19.4 Å². The Morgan fingerprint density at radius 1 is 1.15 bits per heavy atom. The number of amides is 1. The lowest BCUT2D eigenvalue weighted by Gasteiger charge is -2.25. The Kier molecular flexibility index (Phi) is 4.58. The van der Waals surface area contributed by atoms with E-state index in [9.17, 15) is 4.79 Å². The summed E-state index contributed by atoms with van der Waals surface area (Å²) >= 11 is 1.49. The standard InChI is InChI=1S/C20H18N2O3S/c1-13-18(11-14-7-3-2-4-8-14)26-20(21-13)22-19(23)17-12-24-15-9-5-6-10-16(15)25-17/h2-10,17H,11-12H2,1H3,(H,21,22,23)/t17-/m0/s1. The molecular formula is C20H18N2O3S. The van der Waals surface area contributed by atoms with Crippen molar-refractivity contribution in [3.8, 4) is 11.5 Å². The molecule has 1 N–H and O–H groups in total. The van der Waals surface area contributed by atoms with E-state index in [-0.39, 0.29) is 12.5 Å². The van der Waals surface area contributed by atoms with Gasteiger partial charge in [-0.15, -0.1) is 11.3 Å². The number of aryl methyl sites for hydroxylation is 1. The van der Waals surface area contributed by atoms with Crippen molar-refractivity contribution in [1.29, 1.82) is 0 Å². The molecule has 0 fully saturated rings. The number of carbonyl (C=O) groups excluding carboxylic acids is 1. The number of fused-ring (bicyclic) bond motifs is 1. The summed E-state index contributed by atoms with van der Waals surface area (Å²) in [6.07, 6.45) is 0.114. The number of anilines is 1. The molecule has 6 heteroatoms. The number of aromatic nitrogens is 1. The molecule has 0 saturated carbocycles. The Morgan fingerprint density at radius 2 is 1.88 bits per heavy atom. The summed E-state index contributed by atoms with van der Waals surface area (Å²) in [5, 5.41) is 3.44. The van der Waals surface area contributed by atoms with E-state index >= 15 is 0 Å². The van der Waals surface area contributed by atoms with Crippen molar-refractivity contribution < 1.29 is 14.3 Å². The molecule has 5 nitrogen and oxygen atoms in total. The molecule has 3 aromatic rings. The second kappa shape index (κ2) is 7.17. The van der Waals surface area contributed by atoms with E-state index in [0.29, 0.717) is 16.6 Å². The fraction of sp³-hybridized carbons (Fsp3) is 0.200. The van der Waals surface area contributed by atoms with E-state index < -0.39 is 6.10 Å². The molecule has 1 aromatic heterocycles. The van der Waals surface area contributed by atoms with Gasteiger partial charge < -0.3 is 9.47 Å². The molecule has 0 aliphatic carbocycles. The maximum atomic E-state index is 12.5. The third-order valence-electron chi connectivity index (χ3n) is 4.13. The van der Waals surface area contributed by atoms with Crippen LogP contribution >= 0.6 is 11.3 Å². The first-order chi connectivity index (χ1) is 12.7. The Labute approximate surface area is 155 Å². The summed E-state index contributed by atoms with van der Waals surface area (Å²) < 4.78 is 11.3. The average molecular weight is 366 g/mol. The van der Waals surface area contributed by atoms with Gasteiger partial charge in [-0.2, -0.15) is 0 Å². The SMILES string of the molecule is Cc1nc(NC(=O)[C@@H]2COc3ccccc3O2)sc1Cc1ccccc1. The summed E-state index contributed by atoms with van der Waals surface area (Å²) in [4.78, 5) is 18.1. The summed E-state index contributed by atoms with van der Waals surface area (Å²) in [6.45, 7) is 2.14. The zero-order valence-corrected chi connectivity index (χ0v) is 15.1. The molecule has 2 aromatic carbocycles. The molecule has 132 valence electrons. The van der Waals surface area contributed by atoms with E-state index in [2.05, 4.69) is 22.4 Å². The van der Waals surface area contributed by atoms with Gasteiger partial charge in [0.1, 0.15) is 6.61 Å². The second-order valence-electron chi connectivity index (χ2n) is 6.04. The van der Waals surface area contributed by atoms with Gasteiger partial charge in [0.15, 0.2) is 16.6 Å². The lowest BCUT2D eigenvalue weighted by molar-refractivity contribution is -0.125. The minimum atomic E-state index is -0.688. The number of rotatable bonds is 4. The molecular weight excluding hydrogens is 348 g/mol. The molecule has 1 aliphatic heterocycles. The van der Waals surface area contributed by atoms with Crippen molar-refractivity contribution in [3.63, 3.8) is 0 Å². The zero-order chi connectivity index (χ0) is 17.9. The van der Waals surface area contributed by atoms with Crippen LogP contribution in [0.1, 0.15) is 16.1 Å². The van der Waals surface area contributed by atoms with Crippen molar-refractivity contribution in [3.05, 3.63) is 70.7 Å². The van der Waals surface area contributed by atoms with Gasteiger partial charge in [0.25, 0.3) is 5.91 Å². The predicted octanol–water partition coefficient (Wildman–Crippen LogP) is 3.82. The topological polar surface area (TPSA) is 60.5 Å². The van der Waals surface area contributed by atoms with Gasteiger partial charge in [-0.3, -0.25) is 10.1 Å². The summed E-state index contributed by atoms with van der Waals surface area (Å²) in [6, 6.07) is 17.5. The van der Waals surface area contributed by atoms with E-state index in [4.69, 9.17) is 9.47 Å². The molecule has 1 amide bonds. The lowest BCUT2D eigenvalue weighted by Crippen LogP contribution is -2.40. The van der Waals surface area contributed by atoms with Crippen LogP contribution in [-0.2, 0) is 11.2 Å². The smallest absolute Gasteiger partial charge is 0.270 e. The predicted molar refractivity (Wildman–Crippen MR) is 101 cm³/mol. The number of thiazole rings is 1. The quantitative estimate of drug-likeness (QED) is 0.763. The Balaban J connectivity index is 1.43. The Morgan fingerprint density at radius 3 is 2.69 bits per heavy atom. The maximum absolute atomic E-state index is 12.5. The minimum absolute atomic E-state index is 0.185. The highest BCUT2D eigenvalue weighted by atomic mass is 32.1. The molecule has 0 radical (unpaired) electrons. The second-order valence-corrected chi connectivity index (χ2v) is 7.13. The Bertz CT molecular complexity index is 924. The van der Waals surface area contributed by atoms with Gasteiger partial charge in [0.05, 0.1) is 5.69 Å². The molecule has 0 bridgehead atoms. The molecule has 0 spiro atoms. The molecule has 1 aliphatic rings. The summed E-state index contributed by atoms with van der Waals surface area (Å²) in [5.41, 5.74) is 2.15. The van der Waals surface area contributed by atoms with Gasteiger partial charge in [-0.1, -0.05) is 42.5 Å². The monoisotopic (exact) mass is 366 g/mol. The fourth-order valence-electron chi connectivity index (χ4n) is 2.76. The molecule has 0 unspecified atom stereocenters. The third-order valence-corrected chi connectivity index (χ3v) is 5.20. The van der Waals surface area contributed by atoms with E-state index in [1.54, 1.807) is 6.07 Å². The third kappa shape index (κ3) is 3.55. The fourth-order valence-corrected chi connectivity index (χ4v) is 3.76. The normalized spacial score (nSPS) is 15.5. The van der Waals surface area contributed by atoms with Crippen LogP contribution in [0.3, 0.4) is 0 Å². The average Bonchev–Trinajstić information content (AvgIpc) is 3.01. The Hall–Kier alpha value is -2.86. The zero-order valence-electron chi connectivity index (χ0n) is 14.3. The minimum Gasteiger partial charge on any atom is -0.485 e. The van der Waals surface area contributed by atoms with Crippen molar-refractivity contribution in [1.82, 2.24) is 4.98 Å². The van der Waals surface area contributed by atoms with Crippen LogP contribution in [0.15, 0.2) is 54.6 Å². The number of hydrogen-bond acceptors (Lipinski definition) is 5. The van der Waals surface area contributed by atoms with Crippen LogP contribution in [0.25, 0.3) is 0 Å². The first kappa shape index (κ1) is 16.6. The number of nitrogens with one attached hydrogen (secondary N) is 1. The number of para-hydroxylation sites is 2. The molecule has 0 saturated heterocycles. The van der Waals surface area contributed by atoms with Gasteiger partial charge in [0.2, 0.25) is 6.10 Å². The molecule has 1 atom stereocenters. The highest BCUT2D eigenvalue weighted by Crippen LogP contribution is 2.31. The molecule has 26 heavy (non-hydrogen) atoms. The first-order valence-electron chi connectivity index (χ1n) is 8.38. The van der Waals surface area contributed by atoms with E-state index in [1.165, 1.54) is 16.9 Å². The summed E-state index contributed by atoms with van der Waals surface area (Å²) in [5.74, 6) is 0.991. The van der Waals surface area contributed by atoms with Gasteiger partial charge in [0, 0.05) is 11.3 Å². The van der Waals surface area contributed by atoms with Crippen LogP contribution in [0, 0.1) is 6.92 Å². The van der Waals surface area contributed by atoms with E-state index in [1.807, 2.05) is 43.3 Å². The number of carbonyl (C=O) groups is 1. The molecule has 2 heterocycles. The van der Waals surface area contributed by atoms with Crippen LogP contribution in [0.2, 0.25) is 0 Å². The molecule has 4 rings (SSSR count). The highest BCUT2D eigenvalue weighted by Gasteiger charge is 2.28. The van der Waals surface area contributed by atoms with Crippen LogP contribution in [-0.4, -0.2) is 23.6 Å². The van der Waals surface area contributed by atoms with Gasteiger partial charge in [-0.25, -0.2) is 4.98 Å². The number of benzene rings is 2. The summed E-state index contributed by atoms with van der Waals surface area (Å²) in [7, 11) is 0. The van der Waals surface area contributed by atoms with Crippen molar-refractivity contribution >= 4 is 22.4 Å². The van der Waals surface area contributed by atoms with E-state index in [0.717, 1.165) is 17.0 Å². The maximum Gasteiger partial charge on any atom is 0.270 e.